The number of nitrogens with two attached hydrogens (primary N) is 2. The highest BCUT2D eigenvalue weighted by Gasteiger charge is 2.42. The van der Waals surface area contributed by atoms with Gasteiger partial charge in [-0.1, -0.05) is 18.6 Å². The van der Waals surface area contributed by atoms with Crippen molar-refractivity contribution in [1.82, 2.24) is 14.8 Å². The standard InChI is InChI=1S/C20H26N8/c21-18-23-19(22)28(20(24-18)10-3-1-4-11-20)15-8-6-7-14(13-15)17-26-25-16-9-2-5-12-27(16)17/h6-8,13H,1-5,9-12H2,(H4,21,22,23,24). The van der Waals surface area contributed by atoms with Gasteiger partial charge in [-0.15, -0.1) is 10.2 Å². The van der Waals surface area contributed by atoms with Gasteiger partial charge in [-0.2, -0.15) is 4.99 Å². The van der Waals surface area contributed by atoms with Crippen LogP contribution in [0.15, 0.2) is 34.3 Å². The molecule has 1 aromatic heterocycles. The Morgan fingerprint density at radius 3 is 2.68 bits per heavy atom. The van der Waals surface area contributed by atoms with E-state index in [9.17, 15) is 0 Å². The molecule has 1 saturated carbocycles. The summed E-state index contributed by atoms with van der Waals surface area (Å²) in [5.74, 6) is 2.68. The Bertz CT molecular complexity index is 951. The van der Waals surface area contributed by atoms with E-state index in [-0.39, 0.29) is 5.96 Å². The summed E-state index contributed by atoms with van der Waals surface area (Å²) in [6.07, 6.45) is 8.63. The topological polar surface area (TPSA) is 111 Å². The number of hydrogen-bond donors (Lipinski definition) is 2. The van der Waals surface area contributed by atoms with Crippen LogP contribution in [0.2, 0.25) is 0 Å². The van der Waals surface area contributed by atoms with Gasteiger partial charge in [0.15, 0.2) is 5.82 Å². The summed E-state index contributed by atoms with van der Waals surface area (Å²) in [5.41, 5.74) is 13.9. The molecule has 5 rings (SSSR count). The van der Waals surface area contributed by atoms with Crippen molar-refractivity contribution in [2.75, 3.05) is 4.90 Å². The number of aliphatic imine (C=N–C) groups is 2. The van der Waals surface area contributed by atoms with E-state index in [0.29, 0.717) is 5.96 Å². The molecule has 3 heterocycles. The van der Waals surface area contributed by atoms with Crippen LogP contribution in [0.1, 0.15) is 50.8 Å². The number of hydrogen-bond acceptors (Lipinski definition) is 7. The largest absolute Gasteiger partial charge is 0.369 e. The molecule has 1 fully saturated rings. The van der Waals surface area contributed by atoms with Gasteiger partial charge < -0.3 is 16.0 Å². The fourth-order valence-corrected chi connectivity index (χ4v) is 4.80. The van der Waals surface area contributed by atoms with Crippen molar-refractivity contribution in [3.8, 4) is 11.4 Å². The maximum absolute atomic E-state index is 6.37. The monoisotopic (exact) mass is 378 g/mol. The van der Waals surface area contributed by atoms with E-state index in [0.717, 1.165) is 61.5 Å². The van der Waals surface area contributed by atoms with Crippen molar-refractivity contribution in [3.05, 3.63) is 30.1 Å². The second-order valence-electron chi connectivity index (χ2n) is 7.92. The maximum Gasteiger partial charge on any atom is 0.220 e. The lowest BCUT2D eigenvalue weighted by atomic mass is 9.87. The predicted molar refractivity (Wildman–Crippen MR) is 110 cm³/mol. The number of anilines is 1. The van der Waals surface area contributed by atoms with Crippen LogP contribution >= 0.6 is 0 Å². The van der Waals surface area contributed by atoms with Crippen LogP contribution in [0.4, 0.5) is 5.69 Å². The van der Waals surface area contributed by atoms with Gasteiger partial charge in [0.05, 0.1) is 0 Å². The first-order valence-electron chi connectivity index (χ1n) is 10.2. The van der Waals surface area contributed by atoms with Crippen molar-refractivity contribution in [2.45, 2.75) is 63.6 Å². The van der Waals surface area contributed by atoms with Crippen molar-refractivity contribution in [2.24, 2.45) is 21.5 Å². The SMILES string of the molecule is NC1=NC2(CCCCC2)N(c2cccc(-c3nnc4n3CCCC4)c2)C(N)=N1. The van der Waals surface area contributed by atoms with Gasteiger partial charge in [0.1, 0.15) is 11.5 Å². The van der Waals surface area contributed by atoms with Crippen LogP contribution in [0.3, 0.4) is 0 Å². The zero-order valence-corrected chi connectivity index (χ0v) is 16.0. The summed E-state index contributed by atoms with van der Waals surface area (Å²) in [5, 5.41) is 8.87. The smallest absolute Gasteiger partial charge is 0.220 e. The normalized spacial score (nSPS) is 21.2. The van der Waals surface area contributed by atoms with Crippen LogP contribution in [0.25, 0.3) is 11.4 Å². The van der Waals surface area contributed by atoms with Gasteiger partial charge in [0.2, 0.25) is 11.9 Å². The van der Waals surface area contributed by atoms with E-state index in [1.54, 1.807) is 0 Å². The highest BCUT2D eigenvalue weighted by atomic mass is 15.4. The lowest BCUT2D eigenvalue weighted by Gasteiger charge is -2.45. The molecule has 1 aromatic carbocycles. The lowest BCUT2D eigenvalue weighted by molar-refractivity contribution is 0.305. The molecule has 146 valence electrons. The Morgan fingerprint density at radius 2 is 1.82 bits per heavy atom. The van der Waals surface area contributed by atoms with Crippen molar-refractivity contribution in [3.63, 3.8) is 0 Å². The average molecular weight is 378 g/mol. The molecule has 28 heavy (non-hydrogen) atoms. The molecule has 1 aliphatic carbocycles. The quantitative estimate of drug-likeness (QED) is 0.833. The zero-order valence-electron chi connectivity index (χ0n) is 16.0. The van der Waals surface area contributed by atoms with E-state index in [4.69, 9.17) is 16.5 Å². The van der Waals surface area contributed by atoms with Crippen LogP contribution in [0.5, 0.6) is 0 Å². The number of fused-ring (bicyclic) bond motifs is 1. The van der Waals surface area contributed by atoms with E-state index < -0.39 is 5.66 Å². The summed E-state index contributed by atoms with van der Waals surface area (Å²) in [6.45, 7) is 0.972. The fraction of sp³-hybridized carbons (Fsp3) is 0.500. The maximum atomic E-state index is 6.37. The van der Waals surface area contributed by atoms with E-state index >= 15 is 0 Å². The molecule has 0 radical (unpaired) electrons. The molecular formula is C20H26N8. The second-order valence-corrected chi connectivity index (χ2v) is 7.92. The Labute approximate surface area is 164 Å². The molecule has 8 heteroatoms. The summed E-state index contributed by atoms with van der Waals surface area (Å²) >= 11 is 0. The summed E-state index contributed by atoms with van der Waals surface area (Å²) in [4.78, 5) is 11.1. The Morgan fingerprint density at radius 1 is 0.964 bits per heavy atom. The highest BCUT2D eigenvalue weighted by Crippen LogP contribution is 2.40. The molecule has 0 unspecified atom stereocenters. The van der Waals surface area contributed by atoms with Crippen LogP contribution in [-0.4, -0.2) is 32.3 Å². The summed E-state index contributed by atoms with van der Waals surface area (Å²) < 4.78 is 2.24. The first-order chi connectivity index (χ1) is 13.7. The Hall–Kier alpha value is -2.90. The molecule has 0 saturated heterocycles. The average Bonchev–Trinajstić information content (AvgIpc) is 3.12. The highest BCUT2D eigenvalue weighted by molar-refractivity contribution is 6.05. The molecule has 0 atom stereocenters. The van der Waals surface area contributed by atoms with Gasteiger partial charge in [-0.05, 0) is 50.7 Å². The minimum Gasteiger partial charge on any atom is -0.369 e. The predicted octanol–water partition coefficient (Wildman–Crippen LogP) is 2.39. The van der Waals surface area contributed by atoms with E-state index in [1.165, 1.54) is 19.3 Å². The fourth-order valence-electron chi connectivity index (χ4n) is 4.80. The second kappa shape index (κ2) is 6.61. The number of aryl methyl sites for hydroxylation is 1. The zero-order chi connectivity index (χ0) is 19.1. The van der Waals surface area contributed by atoms with Crippen LogP contribution in [0, 0.1) is 0 Å². The Kier molecular flexibility index (Phi) is 4.07. The summed E-state index contributed by atoms with van der Waals surface area (Å²) in [7, 11) is 0. The van der Waals surface area contributed by atoms with Crippen molar-refractivity contribution in [1.29, 1.82) is 0 Å². The first-order valence-corrected chi connectivity index (χ1v) is 10.2. The van der Waals surface area contributed by atoms with Gasteiger partial charge in [0, 0.05) is 24.2 Å². The number of aromatic nitrogens is 3. The number of nitrogens with zero attached hydrogens (tertiary/aromatic N) is 6. The molecular weight excluding hydrogens is 352 g/mol. The minimum absolute atomic E-state index is 0.276. The third-order valence-electron chi connectivity index (χ3n) is 6.07. The van der Waals surface area contributed by atoms with Crippen LogP contribution < -0.4 is 16.4 Å². The van der Waals surface area contributed by atoms with Crippen molar-refractivity contribution < 1.29 is 0 Å². The number of benzene rings is 1. The Balaban J connectivity index is 1.57. The third kappa shape index (κ3) is 2.75. The number of rotatable bonds is 2. The molecule has 0 amide bonds. The lowest BCUT2D eigenvalue weighted by Crippen LogP contribution is -2.58. The van der Waals surface area contributed by atoms with E-state index in [2.05, 4.69) is 42.9 Å². The van der Waals surface area contributed by atoms with Gasteiger partial charge in [0.25, 0.3) is 0 Å². The van der Waals surface area contributed by atoms with Gasteiger partial charge in [-0.3, -0.25) is 4.90 Å². The molecule has 0 bridgehead atoms. The van der Waals surface area contributed by atoms with E-state index in [1.807, 2.05) is 6.07 Å². The molecule has 3 aliphatic rings. The third-order valence-corrected chi connectivity index (χ3v) is 6.07. The first kappa shape index (κ1) is 17.2. The number of guanidine groups is 2. The molecule has 1 spiro atoms. The minimum atomic E-state index is -0.433. The van der Waals surface area contributed by atoms with Gasteiger partial charge >= 0.3 is 0 Å². The molecule has 2 aliphatic heterocycles. The molecule has 2 aromatic rings. The molecule has 8 nitrogen and oxygen atoms in total. The summed E-state index contributed by atoms with van der Waals surface area (Å²) in [6, 6.07) is 8.31. The molecule has 4 N–H and O–H groups in total. The van der Waals surface area contributed by atoms with Crippen molar-refractivity contribution >= 4 is 17.6 Å². The van der Waals surface area contributed by atoms with Crippen LogP contribution in [-0.2, 0) is 13.0 Å². The van der Waals surface area contributed by atoms with Gasteiger partial charge in [-0.25, -0.2) is 4.99 Å².